The summed E-state index contributed by atoms with van der Waals surface area (Å²) < 4.78 is 0. The van der Waals surface area contributed by atoms with Crippen molar-refractivity contribution in [2.45, 2.75) is 77.0 Å². The molecule has 1 unspecified atom stereocenters. The molecule has 0 saturated heterocycles. The molecule has 2 N–H and O–H groups in total. The minimum atomic E-state index is -1.06. The number of hydrogen-bond acceptors (Lipinski definition) is 2. The van der Waals surface area contributed by atoms with Gasteiger partial charge in [-0.1, -0.05) is 56.8 Å². The average molecular weight is 324 g/mol. The Hall–Kier alpha value is -1.58. The highest BCUT2D eigenvalue weighted by atomic mass is 16.4. The highest BCUT2D eigenvalue weighted by molar-refractivity contribution is 5.77. The Balaban J connectivity index is 3.47. The molecule has 0 fully saturated rings. The van der Waals surface area contributed by atoms with Gasteiger partial charge in [0.15, 0.2) is 0 Å². The number of unbranched alkanes of at least 4 members (excludes halogenated alkanes) is 9. The third kappa shape index (κ3) is 15.1. The van der Waals surface area contributed by atoms with Crippen LogP contribution in [0.5, 0.6) is 0 Å². The molecule has 0 bridgehead atoms. The van der Waals surface area contributed by atoms with Crippen molar-refractivity contribution in [3.8, 4) is 0 Å². The van der Waals surface area contributed by atoms with Gasteiger partial charge in [-0.3, -0.25) is 9.59 Å². The van der Waals surface area contributed by atoms with Crippen molar-refractivity contribution in [3.63, 3.8) is 0 Å². The number of allylic oxidation sites excluding steroid dienone is 3. The van der Waals surface area contributed by atoms with Crippen molar-refractivity contribution in [2.75, 3.05) is 0 Å². The Labute approximate surface area is 140 Å². The topological polar surface area (TPSA) is 74.6 Å². The molecular weight excluding hydrogens is 292 g/mol. The van der Waals surface area contributed by atoms with E-state index in [2.05, 4.69) is 6.58 Å². The van der Waals surface area contributed by atoms with Gasteiger partial charge in [0.05, 0.1) is 12.3 Å². The lowest BCUT2D eigenvalue weighted by atomic mass is 10.0. The molecule has 0 aromatic rings. The van der Waals surface area contributed by atoms with Crippen LogP contribution in [0, 0.1) is 5.92 Å². The fourth-order valence-corrected chi connectivity index (χ4v) is 2.47. The van der Waals surface area contributed by atoms with Crippen molar-refractivity contribution >= 4 is 11.9 Å². The minimum absolute atomic E-state index is 0.298. The van der Waals surface area contributed by atoms with Crippen LogP contribution in [0.4, 0.5) is 0 Å². The van der Waals surface area contributed by atoms with Crippen molar-refractivity contribution in [1.29, 1.82) is 0 Å². The average Bonchev–Trinajstić information content (AvgIpc) is 2.50. The van der Waals surface area contributed by atoms with Gasteiger partial charge in [0.25, 0.3) is 0 Å². The molecule has 0 saturated carbocycles. The van der Waals surface area contributed by atoms with E-state index in [9.17, 15) is 9.59 Å². The first-order chi connectivity index (χ1) is 11.1. The Morgan fingerprint density at radius 1 is 0.826 bits per heavy atom. The van der Waals surface area contributed by atoms with Crippen molar-refractivity contribution < 1.29 is 19.8 Å². The number of carboxylic acids is 2. The van der Waals surface area contributed by atoms with E-state index in [-0.39, 0.29) is 6.42 Å². The molecule has 0 aromatic carbocycles. The van der Waals surface area contributed by atoms with Gasteiger partial charge in [0, 0.05) is 0 Å². The monoisotopic (exact) mass is 324 g/mol. The van der Waals surface area contributed by atoms with Crippen LogP contribution in [0.2, 0.25) is 0 Å². The van der Waals surface area contributed by atoms with Crippen LogP contribution < -0.4 is 0 Å². The maximum absolute atomic E-state index is 10.9. The molecule has 0 spiro atoms. The second kappa shape index (κ2) is 15.3. The first-order valence-corrected chi connectivity index (χ1v) is 8.78. The zero-order valence-electron chi connectivity index (χ0n) is 14.2. The zero-order chi connectivity index (χ0) is 17.3. The lowest BCUT2D eigenvalue weighted by Gasteiger charge is -2.05. The SMILES string of the molecule is C=CCCCCCCCCCC/C=C/CC(CC(=O)O)C(=O)O. The van der Waals surface area contributed by atoms with Crippen LogP contribution in [0.25, 0.3) is 0 Å². The summed E-state index contributed by atoms with van der Waals surface area (Å²) in [5.41, 5.74) is 0. The van der Waals surface area contributed by atoms with E-state index in [1.807, 2.05) is 12.2 Å². The largest absolute Gasteiger partial charge is 0.481 e. The first-order valence-electron chi connectivity index (χ1n) is 8.78. The number of hydrogen-bond donors (Lipinski definition) is 2. The molecule has 132 valence electrons. The number of rotatable bonds is 16. The van der Waals surface area contributed by atoms with Crippen LogP contribution in [-0.4, -0.2) is 22.2 Å². The summed E-state index contributed by atoms with van der Waals surface area (Å²) >= 11 is 0. The van der Waals surface area contributed by atoms with Crippen LogP contribution in [0.15, 0.2) is 24.8 Å². The van der Waals surface area contributed by atoms with Crippen molar-refractivity contribution in [3.05, 3.63) is 24.8 Å². The summed E-state index contributed by atoms with van der Waals surface area (Å²) in [4.78, 5) is 21.4. The Morgan fingerprint density at radius 2 is 1.35 bits per heavy atom. The summed E-state index contributed by atoms with van der Waals surface area (Å²) in [5.74, 6) is -2.91. The molecule has 0 amide bonds. The van der Waals surface area contributed by atoms with Crippen LogP contribution >= 0.6 is 0 Å². The predicted octanol–water partition coefficient (Wildman–Crippen LogP) is 5.20. The summed E-state index contributed by atoms with van der Waals surface area (Å²) in [6, 6.07) is 0. The fourth-order valence-electron chi connectivity index (χ4n) is 2.47. The van der Waals surface area contributed by atoms with Gasteiger partial charge < -0.3 is 10.2 Å². The molecule has 4 heteroatoms. The molecule has 0 aliphatic heterocycles. The fraction of sp³-hybridized carbons (Fsp3) is 0.684. The molecule has 23 heavy (non-hydrogen) atoms. The van der Waals surface area contributed by atoms with Gasteiger partial charge >= 0.3 is 11.9 Å². The van der Waals surface area contributed by atoms with E-state index in [4.69, 9.17) is 10.2 Å². The molecule has 0 rings (SSSR count). The molecule has 4 nitrogen and oxygen atoms in total. The van der Waals surface area contributed by atoms with E-state index in [0.29, 0.717) is 6.42 Å². The third-order valence-corrected chi connectivity index (χ3v) is 3.89. The van der Waals surface area contributed by atoms with Crippen LogP contribution in [-0.2, 0) is 9.59 Å². The normalized spacial score (nSPS) is 12.3. The van der Waals surface area contributed by atoms with Crippen LogP contribution in [0.1, 0.15) is 77.0 Å². The van der Waals surface area contributed by atoms with Gasteiger partial charge in [-0.05, 0) is 32.1 Å². The Kier molecular flexibility index (Phi) is 14.3. The highest BCUT2D eigenvalue weighted by Gasteiger charge is 2.18. The summed E-state index contributed by atoms with van der Waals surface area (Å²) in [7, 11) is 0. The van der Waals surface area contributed by atoms with Crippen molar-refractivity contribution in [1.82, 2.24) is 0 Å². The smallest absolute Gasteiger partial charge is 0.307 e. The lowest BCUT2D eigenvalue weighted by molar-refractivity contribution is -0.148. The predicted molar refractivity (Wildman–Crippen MR) is 93.5 cm³/mol. The summed E-state index contributed by atoms with van der Waals surface area (Å²) in [6.07, 6.45) is 17.9. The van der Waals surface area contributed by atoms with E-state index in [1.165, 1.54) is 44.9 Å². The van der Waals surface area contributed by atoms with E-state index in [1.54, 1.807) is 6.08 Å². The van der Waals surface area contributed by atoms with E-state index in [0.717, 1.165) is 19.3 Å². The minimum Gasteiger partial charge on any atom is -0.481 e. The van der Waals surface area contributed by atoms with E-state index < -0.39 is 17.9 Å². The van der Waals surface area contributed by atoms with Crippen LogP contribution in [0.3, 0.4) is 0 Å². The maximum atomic E-state index is 10.9. The van der Waals surface area contributed by atoms with Gasteiger partial charge in [0.1, 0.15) is 0 Å². The molecule has 0 aliphatic carbocycles. The standard InChI is InChI=1S/C19H32O4/c1-2-3-4-5-6-7-8-9-10-11-12-13-14-15-17(19(22)23)16-18(20)21/h2,13-14,17H,1,3-12,15-16H2,(H,20,21)(H,22,23)/b14-13+. The number of carbonyl (C=O) groups is 2. The zero-order valence-corrected chi connectivity index (χ0v) is 14.2. The van der Waals surface area contributed by atoms with Gasteiger partial charge in [-0.25, -0.2) is 0 Å². The lowest BCUT2D eigenvalue weighted by Crippen LogP contribution is -2.16. The van der Waals surface area contributed by atoms with E-state index >= 15 is 0 Å². The van der Waals surface area contributed by atoms with Crippen molar-refractivity contribution in [2.24, 2.45) is 5.92 Å². The quantitative estimate of drug-likeness (QED) is 0.302. The van der Waals surface area contributed by atoms with Gasteiger partial charge in [0.2, 0.25) is 0 Å². The number of aliphatic carboxylic acids is 2. The summed E-state index contributed by atoms with van der Waals surface area (Å²) in [5, 5.41) is 17.6. The maximum Gasteiger partial charge on any atom is 0.307 e. The Morgan fingerprint density at radius 3 is 1.83 bits per heavy atom. The molecule has 0 aliphatic rings. The van der Waals surface area contributed by atoms with Gasteiger partial charge in [-0.15, -0.1) is 6.58 Å². The summed E-state index contributed by atoms with van der Waals surface area (Å²) in [6.45, 7) is 3.72. The second-order valence-electron chi connectivity index (χ2n) is 6.03. The molecule has 0 heterocycles. The molecular formula is C19H32O4. The molecule has 0 aromatic heterocycles. The second-order valence-corrected chi connectivity index (χ2v) is 6.03. The molecule has 1 atom stereocenters. The molecule has 0 radical (unpaired) electrons. The number of carboxylic acid groups (broad SMARTS) is 2. The third-order valence-electron chi connectivity index (χ3n) is 3.89. The first kappa shape index (κ1) is 21.4. The highest BCUT2D eigenvalue weighted by Crippen LogP contribution is 2.13. The van der Waals surface area contributed by atoms with Gasteiger partial charge in [-0.2, -0.15) is 0 Å². The Bertz CT molecular complexity index is 360.